The minimum atomic E-state index is -3.74. The number of thiazole rings is 1. The first kappa shape index (κ1) is 18.6. The van der Waals surface area contributed by atoms with Crippen LogP contribution < -0.4 is 4.72 Å². The molecule has 2 aromatic heterocycles. The van der Waals surface area contributed by atoms with E-state index in [1.165, 1.54) is 29.7 Å². The summed E-state index contributed by atoms with van der Waals surface area (Å²) < 4.78 is 27.3. The Labute approximate surface area is 167 Å². The Morgan fingerprint density at radius 2 is 1.93 bits per heavy atom. The Bertz CT molecular complexity index is 1050. The molecule has 0 aliphatic carbocycles. The van der Waals surface area contributed by atoms with Gasteiger partial charge in [0.2, 0.25) is 0 Å². The van der Waals surface area contributed by atoms with E-state index in [0.29, 0.717) is 17.2 Å². The third-order valence-electron chi connectivity index (χ3n) is 4.61. The summed E-state index contributed by atoms with van der Waals surface area (Å²) in [5, 5.41) is 1.99. The lowest BCUT2D eigenvalue weighted by Gasteiger charge is -2.24. The van der Waals surface area contributed by atoms with E-state index in [-0.39, 0.29) is 16.8 Å². The fourth-order valence-corrected chi connectivity index (χ4v) is 5.07. The molecule has 9 heteroatoms. The van der Waals surface area contributed by atoms with Gasteiger partial charge in [-0.15, -0.1) is 11.3 Å². The average Bonchev–Trinajstić information content (AvgIpc) is 3.40. The number of anilines is 1. The van der Waals surface area contributed by atoms with Gasteiger partial charge < -0.3 is 4.90 Å². The third-order valence-corrected chi connectivity index (χ3v) is 6.78. The predicted octanol–water partition coefficient (Wildman–Crippen LogP) is 3.32. The minimum Gasteiger partial charge on any atom is -0.330 e. The van der Waals surface area contributed by atoms with Gasteiger partial charge in [0.25, 0.3) is 15.9 Å². The van der Waals surface area contributed by atoms with Crippen molar-refractivity contribution in [1.82, 2.24) is 14.9 Å². The first-order valence-corrected chi connectivity index (χ1v) is 11.2. The molecule has 3 aromatic rings. The van der Waals surface area contributed by atoms with Gasteiger partial charge >= 0.3 is 0 Å². The van der Waals surface area contributed by atoms with Crippen LogP contribution in [0.4, 0.5) is 5.13 Å². The van der Waals surface area contributed by atoms with Gasteiger partial charge in [-0.2, -0.15) is 0 Å². The summed E-state index contributed by atoms with van der Waals surface area (Å²) in [4.78, 5) is 23.2. The largest absolute Gasteiger partial charge is 0.330 e. The van der Waals surface area contributed by atoms with Gasteiger partial charge in [-0.25, -0.2) is 13.4 Å². The van der Waals surface area contributed by atoms with Crippen LogP contribution in [0.1, 0.15) is 34.9 Å². The molecule has 1 N–H and O–H groups in total. The first-order valence-electron chi connectivity index (χ1n) is 8.79. The van der Waals surface area contributed by atoms with Crippen molar-refractivity contribution < 1.29 is 13.2 Å². The second-order valence-corrected chi connectivity index (χ2v) is 8.96. The first-order chi connectivity index (χ1) is 13.5. The van der Waals surface area contributed by atoms with Crippen LogP contribution in [0.15, 0.2) is 65.1 Å². The van der Waals surface area contributed by atoms with E-state index in [1.807, 2.05) is 18.2 Å². The molecule has 0 radical (unpaired) electrons. The summed E-state index contributed by atoms with van der Waals surface area (Å²) in [5.74, 6) is -0.120. The Morgan fingerprint density at radius 3 is 2.61 bits per heavy atom. The molecule has 1 aliphatic rings. The monoisotopic (exact) mass is 414 g/mol. The molecule has 0 saturated carbocycles. The molecule has 1 amide bonds. The third kappa shape index (κ3) is 3.76. The summed E-state index contributed by atoms with van der Waals surface area (Å²) in [7, 11) is -3.74. The van der Waals surface area contributed by atoms with Crippen molar-refractivity contribution in [2.45, 2.75) is 23.8 Å². The van der Waals surface area contributed by atoms with Crippen LogP contribution in [0.2, 0.25) is 0 Å². The lowest BCUT2D eigenvalue weighted by atomic mass is 10.1. The van der Waals surface area contributed by atoms with Gasteiger partial charge in [-0.1, -0.05) is 6.07 Å². The highest BCUT2D eigenvalue weighted by molar-refractivity contribution is 7.93. The molecule has 144 valence electrons. The summed E-state index contributed by atoms with van der Waals surface area (Å²) in [6.07, 6.45) is 5.04. The Balaban J connectivity index is 1.53. The molecule has 1 aromatic carbocycles. The molecule has 1 saturated heterocycles. The average molecular weight is 415 g/mol. The van der Waals surface area contributed by atoms with E-state index in [4.69, 9.17) is 0 Å². The fraction of sp³-hybridized carbons (Fsp3) is 0.211. The number of rotatable bonds is 5. The number of likely N-dealkylation sites (tertiary alicyclic amines) is 1. The molecule has 1 atom stereocenters. The maximum Gasteiger partial charge on any atom is 0.263 e. The van der Waals surface area contributed by atoms with Crippen molar-refractivity contribution in [3.63, 3.8) is 0 Å². The lowest BCUT2D eigenvalue weighted by Crippen LogP contribution is -2.31. The molecule has 1 fully saturated rings. The second kappa shape index (κ2) is 7.69. The number of sulfonamides is 1. The molecule has 3 heterocycles. The van der Waals surface area contributed by atoms with Crippen molar-refractivity contribution in [3.8, 4) is 0 Å². The van der Waals surface area contributed by atoms with Gasteiger partial charge in [-0.05, 0) is 49.2 Å². The van der Waals surface area contributed by atoms with E-state index in [2.05, 4.69) is 14.7 Å². The summed E-state index contributed by atoms with van der Waals surface area (Å²) >= 11 is 1.20. The van der Waals surface area contributed by atoms with E-state index in [1.54, 1.807) is 28.6 Å². The number of aromatic nitrogens is 2. The van der Waals surface area contributed by atoms with Gasteiger partial charge in [0, 0.05) is 29.9 Å². The van der Waals surface area contributed by atoms with Crippen molar-refractivity contribution in [1.29, 1.82) is 0 Å². The summed E-state index contributed by atoms with van der Waals surface area (Å²) in [6.45, 7) is 0.658. The predicted molar refractivity (Wildman–Crippen MR) is 107 cm³/mol. The Hall–Kier alpha value is -2.78. The zero-order valence-corrected chi connectivity index (χ0v) is 16.5. The van der Waals surface area contributed by atoms with Gasteiger partial charge in [0.15, 0.2) is 5.13 Å². The fourth-order valence-electron chi connectivity index (χ4n) is 3.28. The maximum absolute atomic E-state index is 13.0. The number of pyridine rings is 1. The second-order valence-electron chi connectivity index (χ2n) is 6.38. The van der Waals surface area contributed by atoms with Crippen LogP contribution in [0.25, 0.3) is 0 Å². The minimum absolute atomic E-state index is 0.0521. The molecule has 28 heavy (non-hydrogen) atoms. The molecule has 1 aliphatic heterocycles. The number of nitrogens with zero attached hydrogens (tertiary/aromatic N) is 3. The highest BCUT2D eigenvalue weighted by Crippen LogP contribution is 2.32. The maximum atomic E-state index is 13.0. The van der Waals surface area contributed by atoms with E-state index in [9.17, 15) is 13.2 Å². The van der Waals surface area contributed by atoms with Crippen LogP contribution in [-0.2, 0) is 10.0 Å². The zero-order chi connectivity index (χ0) is 19.6. The van der Waals surface area contributed by atoms with Crippen LogP contribution in [-0.4, -0.2) is 35.7 Å². The number of hydrogen-bond acceptors (Lipinski definition) is 6. The van der Waals surface area contributed by atoms with Gasteiger partial charge in [-0.3, -0.25) is 14.5 Å². The van der Waals surface area contributed by atoms with Crippen molar-refractivity contribution in [3.05, 3.63) is 71.5 Å². The lowest BCUT2D eigenvalue weighted by molar-refractivity contribution is 0.0733. The van der Waals surface area contributed by atoms with Crippen molar-refractivity contribution in [2.75, 3.05) is 11.3 Å². The number of amides is 1. The van der Waals surface area contributed by atoms with Crippen molar-refractivity contribution >= 4 is 32.4 Å². The number of carbonyl (C=O) groups excluding carboxylic acids is 1. The van der Waals surface area contributed by atoms with Crippen LogP contribution in [0, 0.1) is 0 Å². The summed E-state index contributed by atoms with van der Waals surface area (Å²) in [6, 6.07) is 11.6. The van der Waals surface area contributed by atoms with E-state index in [0.717, 1.165) is 18.5 Å². The number of hydrogen-bond donors (Lipinski definition) is 1. The molecule has 0 bridgehead atoms. The summed E-state index contributed by atoms with van der Waals surface area (Å²) in [5.41, 5.74) is 1.33. The molecular formula is C19H18N4O3S2. The molecule has 7 nitrogen and oxygen atoms in total. The molecule has 1 unspecified atom stereocenters. The number of nitrogens with one attached hydrogen (secondary N) is 1. The zero-order valence-electron chi connectivity index (χ0n) is 14.9. The van der Waals surface area contributed by atoms with E-state index >= 15 is 0 Å². The molecule has 0 spiro atoms. The van der Waals surface area contributed by atoms with Crippen LogP contribution in [0.5, 0.6) is 0 Å². The number of carbonyl (C=O) groups is 1. The highest BCUT2D eigenvalue weighted by atomic mass is 32.2. The standard InChI is InChI=1S/C19H18N4O3S2/c24-18(23-12-3-5-17(23)16-4-1-2-10-20-16)14-6-8-15(9-7-14)28(25,26)22-19-21-11-13-27-19/h1-2,4,6-11,13,17H,3,5,12H2,(H,21,22). The molecular weight excluding hydrogens is 396 g/mol. The Kier molecular flexibility index (Phi) is 5.10. The normalized spacial score (nSPS) is 16.9. The topological polar surface area (TPSA) is 92.3 Å². The van der Waals surface area contributed by atoms with Gasteiger partial charge in [0.05, 0.1) is 16.6 Å². The van der Waals surface area contributed by atoms with Gasteiger partial charge in [0.1, 0.15) is 0 Å². The highest BCUT2D eigenvalue weighted by Gasteiger charge is 2.31. The smallest absolute Gasteiger partial charge is 0.263 e. The number of benzene rings is 1. The Morgan fingerprint density at radius 1 is 1.11 bits per heavy atom. The van der Waals surface area contributed by atoms with Crippen LogP contribution in [0.3, 0.4) is 0 Å². The quantitative estimate of drug-likeness (QED) is 0.691. The van der Waals surface area contributed by atoms with Crippen LogP contribution >= 0.6 is 11.3 Å². The van der Waals surface area contributed by atoms with Crippen molar-refractivity contribution in [2.24, 2.45) is 0 Å². The van der Waals surface area contributed by atoms with E-state index < -0.39 is 10.0 Å². The molecule has 4 rings (SSSR count). The SMILES string of the molecule is O=C(c1ccc(S(=O)(=O)Nc2nccs2)cc1)N1CCCC1c1ccccn1.